The molecule has 1 unspecified atom stereocenters. The van der Waals surface area contributed by atoms with E-state index in [4.69, 9.17) is 0 Å². The highest BCUT2D eigenvalue weighted by atomic mass is 15.4. The molecule has 0 bridgehead atoms. The molecule has 0 aliphatic carbocycles. The Balaban J connectivity index is 1.79. The molecule has 0 aromatic carbocycles. The lowest BCUT2D eigenvalue weighted by Gasteiger charge is -2.27. The van der Waals surface area contributed by atoms with E-state index in [1.54, 1.807) is 0 Å². The summed E-state index contributed by atoms with van der Waals surface area (Å²) in [5, 5.41) is 11.8. The fourth-order valence-corrected chi connectivity index (χ4v) is 2.82. The molecule has 120 valence electrons. The summed E-state index contributed by atoms with van der Waals surface area (Å²) in [6, 6.07) is 1.09. The van der Waals surface area contributed by atoms with Crippen LogP contribution in [0, 0.1) is 0 Å². The monoisotopic (exact) mass is 294 g/mol. The molecule has 6 nitrogen and oxygen atoms in total. The Hall–Kier alpha value is -0.980. The summed E-state index contributed by atoms with van der Waals surface area (Å²) in [5.74, 6) is 0. The van der Waals surface area contributed by atoms with Crippen molar-refractivity contribution in [1.82, 2.24) is 30.1 Å². The molecule has 2 heterocycles. The topological polar surface area (TPSA) is 49.2 Å². The minimum atomic E-state index is 0.477. The van der Waals surface area contributed by atoms with Crippen LogP contribution in [0.2, 0.25) is 0 Å². The normalized spacial score (nSPS) is 21.9. The number of likely N-dealkylation sites (N-methyl/N-ethyl adjacent to an activating group) is 1. The zero-order valence-electron chi connectivity index (χ0n) is 13.9. The highest BCUT2D eigenvalue weighted by Gasteiger charge is 2.19. The Kier molecular flexibility index (Phi) is 6.14. The first kappa shape index (κ1) is 16.4. The third-order valence-corrected chi connectivity index (χ3v) is 4.08. The van der Waals surface area contributed by atoms with Crippen LogP contribution in [0.25, 0.3) is 0 Å². The van der Waals surface area contributed by atoms with Crippen molar-refractivity contribution in [2.24, 2.45) is 0 Å². The molecule has 6 heteroatoms. The van der Waals surface area contributed by atoms with E-state index in [2.05, 4.69) is 59.4 Å². The quantitative estimate of drug-likeness (QED) is 0.841. The minimum Gasteiger partial charge on any atom is -0.309 e. The SMILES string of the molecule is CC(C)NCc1cn(CCN2CCCN(C)CC2C)nn1. The van der Waals surface area contributed by atoms with Crippen molar-refractivity contribution in [2.45, 2.75) is 52.4 Å². The summed E-state index contributed by atoms with van der Waals surface area (Å²) in [6.45, 7) is 12.9. The fourth-order valence-electron chi connectivity index (χ4n) is 2.82. The molecule has 21 heavy (non-hydrogen) atoms. The molecule has 1 aliphatic rings. The lowest BCUT2D eigenvalue weighted by Crippen LogP contribution is -2.39. The van der Waals surface area contributed by atoms with E-state index in [0.29, 0.717) is 12.1 Å². The van der Waals surface area contributed by atoms with Crippen LogP contribution < -0.4 is 5.32 Å². The number of hydrogen-bond acceptors (Lipinski definition) is 5. The highest BCUT2D eigenvalue weighted by molar-refractivity contribution is 4.92. The summed E-state index contributed by atoms with van der Waals surface area (Å²) < 4.78 is 1.97. The number of nitrogens with zero attached hydrogens (tertiary/aromatic N) is 5. The Morgan fingerprint density at radius 1 is 1.33 bits per heavy atom. The average molecular weight is 294 g/mol. The van der Waals surface area contributed by atoms with Gasteiger partial charge < -0.3 is 10.2 Å². The van der Waals surface area contributed by atoms with Gasteiger partial charge in [0.25, 0.3) is 0 Å². The van der Waals surface area contributed by atoms with E-state index in [0.717, 1.165) is 31.9 Å². The van der Waals surface area contributed by atoms with Crippen molar-refractivity contribution in [3.8, 4) is 0 Å². The van der Waals surface area contributed by atoms with E-state index in [-0.39, 0.29) is 0 Å². The van der Waals surface area contributed by atoms with Gasteiger partial charge in [0.1, 0.15) is 0 Å². The van der Waals surface area contributed by atoms with Gasteiger partial charge in [-0.3, -0.25) is 9.58 Å². The molecule has 1 N–H and O–H groups in total. The Labute approximate surface area is 128 Å². The summed E-state index contributed by atoms with van der Waals surface area (Å²) in [6.07, 6.45) is 3.31. The van der Waals surface area contributed by atoms with Crippen molar-refractivity contribution < 1.29 is 0 Å². The van der Waals surface area contributed by atoms with Crippen molar-refractivity contribution in [1.29, 1.82) is 0 Å². The van der Waals surface area contributed by atoms with Crippen LogP contribution in [0.4, 0.5) is 0 Å². The van der Waals surface area contributed by atoms with E-state index in [1.807, 2.05) is 4.68 Å². The van der Waals surface area contributed by atoms with Gasteiger partial charge in [0.05, 0.1) is 12.2 Å². The van der Waals surface area contributed by atoms with Crippen molar-refractivity contribution in [3.63, 3.8) is 0 Å². The van der Waals surface area contributed by atoms with Gasteiger partial charge in [0.2, 0.25) is 0 Å². The molecule has 0 radical (unpaired) electrons. The molecule has 1 aromatic rings. The van der Waals surface area contributed by atoms with Crippen LogP contribution in [0.15, 0.2) is 6.20 Å². The third kappa shape index (κ3) is 5.37. The van der Waals surface area contributed by atoms with Crippen molar-refractivity contribution in [2.75, 3.05) is 33.2 Å². The summed E-state index contributed by atoms with van der Waals surface area (Å²) in [4.78, 5) is 4.99. The number of aromatic nitrogens is 3. The molecule has 1 fully saturated rings. The lowest BCUT2D eigenvalue weighted by atomic mass is 10.2. The van der Waals surface area contributed by atoms with Crippen LogP contribution in [0.5, 0.6) is 0 Å². The van der Waals surface area contributed by atoms with Crippen molar-refractivity contribution in [3.05, 3.63) is 11.9 Å². The van der Waals surface area contributed by atoms with Gasteiger partial charge in [-0.25, -0.2) is 0 Å². The average Bonchev–Trinajstić information content (AvgIpc) is 2.81. The van der Waals surface area contributed by atoms with E-state index < -0.39 is 0 Å². The molecular weight excluding hydrogens is 264 g/mol. The standard InChI is InChI=1S/C15H30N6/c1-13(2)16-10-15-12-21(18-17-15)9-8-20-7-5-6-19(4)11-14(20)3/h12-14,16H,5-11H2,1-4H3. The Morgan fingerprint density at radius 2 is 2.14 bits per heavy atom. The largest absolute Gasteiger partial charge is 0.309 e. The second-order valence-electron chi connectivity index (χ2n) is 6.51. The first-order valence-corrected chi connectivity index (χ1v) is 8.09. The number of nitrogens with one attached hydrogen (secondary N) is 1. The summed E-state index contributed by atoms with van der Waals surface area (Å²) >= 11 is 0. The predicted molar refractivity (Wildman–Crippen MR) is 85.1 cm³/mol. The maximum atomic E-state index is 4.23. The van der Waals surface area contributed by atoms with Crippen LogP contribution in [-0.4, -0.2) is 70.1 Å². The van der Waals surface area contributed by atoms with E-state index in [9.17, 15) is 0 Å². The van der Waals surface area contributed by atoms with Crippen LogP contribution in [0.1, 0.15) is 32.9 Å². The van der Waals surface area contributed by atoms with Gasteiger partial charge in [-0.1, -0.05) is 19.1 Å². The van der Waals surface area contributed by atoms with Gasteiger partial charge >= 0.3 is 0 Å². The van der Waals surface area contributed by atoms with Crippen LogP contribution >= 0.6 is 0 Å². The second-order valence-corrected chi connectivity index (χ2v) is 6.51. The second kappa shape index (κ2) is 7.87. The zero-order valence-corrected chi connectivity index (χ0v) is 13.9. The highest BCUT2D eigenvalue weighted by Crippen LogP contribution is 2.08. The molecule has 1 saturated heterocycles. The summed E-state index contributed by atoms with van der Waals surface area (Å²) in [5.41, 5.74) is 1.02. The zero-order chi connectivity index (χ0) is 15.2. The maximum absolute atomic E-state index is 4.23. The molecule has 1 aromatic heterocycles. The van der Waals surface area contributed by atoms with Gasteiger partial charge in [-0.05, 0) is 33.5 Å². The fraction of sp³-hybridized carbons (Fsp3) is 0.867. The van der Waals surface area contributed by atoms with Gasteiger partial charge in [0.15, 0.2) is 0 Å². The molecule has 0 saturated carbocycles. The smallest absolute Gasteiger partial charge is 0.0964 e. The molecule has 1 aliphatic heterocycles. The minimum absolute atomic E-state index is 0.477. The van der Waals surface area contributed by atoms with Gasteiger partial charge in [-0.2, -0.15) is 0 Å². The molecule has 2 rings (SSSR count). The Bertz CT molecular complexity index is 416. The predicted octanol–water partition coefficient (Wildman–Crippen LogP) is 0.802. The van der Waals surface area contributed by atoms with Crippen LogP contribution in [-0.2, 0) is 13.1 Å². The van der Waals surface area contributed by atoms with E-state index in [1.165, 1.54) is 19.5 Å². The Morgan fingerprint density at radius 3 is 2.90 bits per heavy atom. The van der Waals surface area contributed by atoms with Gasteiger partial charge in [0, 0.05) is 37.9 Å². The molecule has 1 atom stereocenters. The lowest BCUT2D eigenvalue weighted by molar-refractivity contribution is 0.193. The van der Waals surface area contributed by atoms with E-state index >= 15 is 0 Å². The molecule has 0 spiro atoms. The number of rotatable bonds is 6. The molecule has 0 amide bonds. The summed E-state index contributed by atoms with van der Waals surface area (Å²) in [7, 11) is 2.21. The van der Waals surface area contributed by atoms with Crippen molar-refractivity contribution >= 4 is 0 Å². The third-order valence-electron chi connectivity index (χ3n) is 4.08. The van der Waals surface area contributed by atoms with Crippen LogP contribution in [0.3, 0.4) is 0 Å². The first-order valence-electron chi connectivity index (χ1n) is 8.09. The first-order chi connectivity index (χ1) is 10.0. The molecular formula is C15H30N6. The maximum Gasteiger partial charge on any atom is 0.0964 e. The number of hydrogen-bond donors (Lipinski definition) is 1. The van der Waals surface area contributed by atoms with Gasteiger partial charge in [-0.15, -0.1) is 5.10 Å².